The molecule has 0 aliphatic heterocycles. The molecule has 192 valence electrons. The van der Waals surface area contributed by atoms with Crippen LogP contribution in [0.3, 0.4) is 0 Å². The summed E-state index contributed by atoms with van der Waals surface area (Å²) in [5, 5.41) is 1.92. The number of carbonyl (C=O) groups excluding carboxylic acids is 1. The summed E-state index contributed by atoms with van der Waals surface area (Å²) in [6.07, 6.45) is -9.44. The van der Waals surface area contributed by atoms with E-state index in [4.69, 9.17) is 11.6 Å². The Balaban J connectivity index is 1.94. The molecule has 0 fully saturated rings. The smallest absolute Gasteiger partial charge is 0.350 e. The molecule has 1 N–H and O–H groups in total. The van der Waals surface area contributed by atoms with Crippen LogP contribution >= 0.6 is 11.6 Å². The van der Waals surface area contributed by atoms with E-state index in [1.54, 1.807) is 0 Å². The summed E-state index contributed by atoms with van der Waals surface area (Å²) in [6.45, 7) is -1.38. The maximum Gasteiger partial charge on any atom is 0.416 e. The van der Waals surface area contributed by atoms with E-state index in [0.29, 0.717) is 16.4 Å². The average molecular weight is 551 g/mol. The van der Waals surface area contributed by atoms with E-state index in [1.807, 2.05) is 0 Å². The first-order chi connectivity index (χ1) is 16.7. The summed E-state index contributed by atoms with van der Waals surface area (Å²) in [7, 11) is -4.57. The van der Waals surface area contributed by atoms with Crippen molar-refractivity contribution in [2.45, 2.75) is 23.8 Å². The lowest BCUT2D eigenvalue weighted by Gasteiger charge is -2.26. The zero-order valence-electron chi connectivity index (χ0n) is 18.1. The van der Waals surface area contributed by atoms with Gasteiger partial charge in [-0.2, -0.15) is 26.3 Å². The second-order valence-electron chi connectivity index (χ2n) is 7.46. The van der Waals surface area contributed by atoms with Gasteiger partial charge in [-0.15, -0.1) is 0 Å². The van der Waals surface area contributed by atoms with Gasteiger partial charge in [-0.05, 0) is 48.0 Å². The SMILES string of the molecule is O=C(CN(c1cc(C(F)(F)F)ccc1Cl)S(=O)(=O)c1ccccc1)NCc1cccc(C(F)(F)F)c1. The normalized spacial score (nSPS) is 12.3. The van der Waals surface area contributed by atoms with Gasteiger partial charge < -0.3 is 5.32 Å². The molecule has 0 saturated heterocycles. The number of benzene rings is 3. The number of anilines is 1. The van der Waals surface area contributed by atoms with Gasteiger partial charge in [0.25, 0.3) is 10.0 Å². The lowest BCUT2D eigenvalue weighted by Crippen LogP contribution is -2.41. The van der Waals surface area contributed by atoms with Gasteiger partial charge in [0.15, 0.2) is 0 Å². The van der Waals surface area contributed by atoms with Gasteiger partial charge in [-0.3, -0.25) is 9.10 Å². The fourth-order valence-electron chi connectivity index (χ4n) is 3.14. The Labute approximate surface area is 207 Å². The van der Waals surface area contributed by atoms with E-state index in [-0.39, 0.29) is 15.5 Å². The largest absolute Gasteiger partial charge is 0.416 e. The van der Waals surface area contributed by atoms with E-state index in [9.17, 15) is 39.6 Å². The fourth-order valence-corrected chi connectivity index (χ4v) is 4.87. The van der Waals surface area contributed by atoms with Gasteiger partial charge >= 0.3 is 12.4 Å². The minimum absolute atomic E-state index is 0.0766. The number of nitrogens with zero attached hydrogens (tertiary/aromatic N) is 1. The zero-order valence-corrected chi connectivity index (χ0v) is 19.6. The first-order valence-electron chi connectivity index (χ1n) is 10.1. The van der Waals surface area contributed by atoms with Crippen molar-refractivity contribution in [3.63, 3.8) is 0 Å². The number of carbonyl (C=O) groups is 1. The van der Waals surface area contributed by atoms with Crippen LogP contribution in [0.2, 0.25) is 5.02 Å². The summed E-state index contributed by atoms with van der Waals surface area (Å²) < 4.78 is 106. The van der Waals surface area contributed by atoms with E-state index in [1.165, 1.54) is 36.4 Å². The molecule has 5 nitrogen and oxygen atoms in total. The van der Waals surface area contributed by atoms with Crippen LogP contribution in [0.15, 0.2) is 77.7 Å². The van der Waals surface area contributed by atoms with Gasteiger partial charge in [0, 0.05) is 6.54 Å². The van der Waals surface area contributed by atoms with Gasteiger partial charge in [-0.25, -0.2) is 8.42 Å². The molecular weight excluding hydrogens is 534 g/mol. The molecule has 0 unspecified atom stereocenters. The number of halogens is 7. The minimum atomic E-state index is -4.83. The molecular formula is C23H17ClF6N2O3S. The molecule has 0 heterocycles. The highest BCUT2D eigenvalue weighted by Gasteiger charge is 2.34. The molecule has 0 bridgehead atoms. The van der Waals surface area contributed by atoms with Crippen LogP contribution in [0.4, 0.5) is 32.0 Å². The maximum absolute atomic E-state index is 13.3. The van der Waals surface area contributed by atoms with Crippen molar-refractivity contribution < 1.29 is 39.6 Å². The maximum atomic E-state index is 13.3. The van der Waals surface area contributed by atoms with Crippen molar-refractivity contribution in [1.29, 1.82) is 0 Å². The Hall–Kier alpha value is -3.25. The van der Waals surface area contributed by atoms with Gasteiger partial charge in [0.1, 0.15) is 6.54 Å². The number of sulfonamides is 1. The van der Waals surface area contributed by atoms with Crippen LogP contribution in [0.5, 0.6) is 0 Å². The molecule has 0 saturated carbocycles. The van der Waals surface area contributed by atoms with E-state index in [2.05, 4.69) is 5.32 Å². The van der Waals surface area contributed by atoms with Gasteiger partial charge in [0.2, 0.25) is 5.91 Å². The van der Waals surface area contributed by atoms with Crippen LogP contribution in [0, 0.1) is 0 Å². The number of rotatable bonds is 7. The molecule has 0 aromatic heterocycles. The highest BCUT2D eigenvalue weighted by atomic mass is 35.5. The molecule has 36 heavy (non-hydrogen) atoms. The molecule has 13 heteroatoms. The van der Waals surface area contributed by atoms with Crippen LogP contribution in [0.25, 0.3) is 0 Å². The molecule has 3 aromatic rings. The third kappa shape index (κ3) is 6.49. The molecule has 0 radical (unpaired) electrons. The second-order valence-corrected chi connectivity index (χ2v) is 9.73. The van der Waals surface area contributed by atoms with E-state index >= 15 is 0 Å². The van der Waals surface area contributed by atoms with Crippen LogP contribution in [-0.4, -0.2) is 20.9 Å². The molecule has 1 amide bonds. The number of amides is 1. The first kappa shape index (κ1) is 27.3. The first-order valence-corrected chi connectivity index (χ1v) is 11.9. The highest BCUT2D eigenvalue weighted by Crippen LogP contribution is 2.37. The second kappa shape index (κ2) is 10.4. The van der Waals surface area contributed by atoms with Crippen molar-refractivity contribution in [1.82, 2.24) is 5.32 Å². The molecule has 0 spiro atoms. The Bertz CT molecular complexity index is 1350. The Morgan fingerprint density at radius 3 is 2.06 bits per heavy atom. The molecule has 0 aliphatic carbocycles. The number of hydrogen-bond donors (Lipinski definition) is 1. The minimum Gasteiger partial charge on any atom is -0.350 e. The van der Waals surface area contributed by atoms with Crippen molar-refractivity contribution in [3.8, 4) is 0 Å². The standard InChI is InChI=1S/C23H17ClF6N2O3S/c24-19-10-9-17(23(28,29)30)12-20(19)32(36(34,35)18-7-2-1-3-8-18)14-21(33)31-13-15-5-4-6-16(11-15)22(25,26)27/h1-12H,13-14H2,(H,31,33). The Morgan fingerprint density at radius 1 is 0.833 bits per heavy atom. The third-order valence-electron chi connectivity index (χ3n) is 4.90. The Kier molecular flexibility index (Phi) is 7.89. The zero-order chi connectivity index (χ0) is 26.7. The number of hydrogen-bond acceptors (Lipinski definition) is 3. The van der Waals surface area contributed by atoms with Crippen molar-refractivity contribution in [3.05, 3.63) is 94.5 Å². The predicted octanol–water partition coefficient (Wildman–Crippen LogP) is 5.89. The summed E-state index contributed by atoms with van der Waals surface area (Å²) >= 11 is 6.04. The third-order valence-corrected chi connectivity index (χ3v) is 7.00. The molecule has 3 aromatic carbocycles. The summed E-state index contributed by atoms with van der Waals surface area (Å²) in [5.41, 5.74) is -2.66. The summed E-state index contributed by atoms with van der Waals surface area (Å²) in [4.78, 5) is 12.3. The van der Waals surface area contributed by atoms with Gasteiger partial charge in [-0.1, -0.05) is 41.9 Å². The quantitative estimate of drug-likeness (QED) is 0.373. The average Bonchev–Trinajstić information content (AvgIpc) is 2.81. The molecule has 0 aliphatic rings. The highest BCUT2D eigenvalue weighted by molar-refractivity contribution is 7.92. The van der Waals surface area contributed by atoms with Crippen LogP contribution in [-0.2, 0) is 33.7 Å². The monoisotopic (exact) mass is 550 g/mol. The van der Waals surface area contributed by atoms with Crippen molar-refractivity contribution in [2.24, 2.45) is 0 Å². The summed E-state index contributed by atoms with van der Waals surface area (Å²) in [6, 6.07) is 12.8. The van der Waals surface area contributed by atoms with Crippen LogP contribution < -0.4 is 9.62 Å². The fraction of sp³-hybridized carbons (Fsp3) is 0.174. The lowest BCUT2D eigenvalue weighted by molar-refractivity contribution is -0.138. The molecule has 0 atom stereocenters. The van der Waals surface area contributed by atoms with Crippen molar-refractivity contribution >= 4 is 33.2 Å². The topological polar surface area (TPSA) is 66.5 Å². The Morgan fingerprint density at radius 2 is 1.44 bits per heavy atom. The summed E-state index contributed by atoms with van der Waals surface area (Å²) in [5.74, 6) is -0.986. The molecule has 3 rings (SSSR count). The van der Waals surface area contributed by atoms with E-state index in [0.717, 1.165) is 24.3 Å². The number of nitrogens with one attached hydrogen (secondary N) is 1. The van der Waals surface area contributed by atoms with Crippen molar-refractivity contribution in [2.75, 3.05) is 10.8 Å². The predicted molar refractivity (Wildman–Crippen MR) is 121 cm³/mol. The van der Waals surface area contributed by atoms with Crippen LogP contribution in [0.1, 0.15) is 16.7 Å². The number of alkyl halides is 6. The lowest BCUT2D eigenvalue weighted by atomic mass is 10.1. The van der Waals surface area contributed by atoms with E-state index < -0.39 is 58.2 Å². The van der Waals surface area contributed by atoms with Gasteiger partial charge in [0.05, 0.1) is 26.7 Å².